The molecule has 1 aliphatic rings. The van der Waals surface area contributed by atoms with Crippen LogP contribution in [0, 0.1) is 6.92 Å². The predicted molar refractivity (Wildman–Crippen MR) is 110 cm³/mol. The van der Waals surface area contributed by atoms with Crippen molar-refractivity contribution in [1.29, 1.82) is 0 Å². The van der Waals surface area contributed by atoms with Crippen LogP contribution in [0.15, 0.2) is 54.1 Å². The van der Waals surface area contributed by atoms with Gasteiger partial charge in [0, 0.05) is 11.3 Å². The fraction of sp³-hybridized carbons (Fsp3) is 0.375. The minimum absolute atomic E-state index is 0.0475. The van der Waals surface area contributed by atoms with Gasteiger partial charge in [-0.1, -0.05) is 62.7 Å². The largest absolute Gasteiger partial charge is 0.322 e. The third-order valence-corrected chi connectivity index (χ3v) is 5.13. The van der Waals surface area contributed by atoms with Crippen LogP contribution in [0.5, 0.6) is 0 Å². The Morgan fingerprint density at radius 1 is 0.962 bits per heavy atom. The van der Waals surface area contributed by atoms with Crippen LogP contribution in [-0.2, 0) is 10.2 Å². The summed E-state index contributed by atoms with van der Waals surface area (Å²) in [6, 6.07) is 16.7. The Hall–Kier alpha value is -2.35. The molecule has 2 heteroatoms. The molecule has 0 saturated carbocycles. The molecule has 0 saturated heterocycles. The van der Waals surface area contributed by atoms with E-state index in [0.717, 1.165) is 36.9 Å². The van der Waals surface area contributed by atoms with Gasteiger partial charge in [-0.05, 0) is 66.9 Å². The number of hydrogen-bond acceptors (Lipinski definition) is 1. The molecule has 1 aliphatic carbocycles. The van der Waals surface area contributed by atoms with Crippen LogP contribution in [0.2, 0.25) is 0 Å². The van der Waals surface area contributed by atoms with Crippen molar-refractivity contribution in [2.24, 2.45) is 0 Å². The molecule has 2 aromatic carbocycles. The summed E-state index contributed by atoms with van der Waals surface area (Å²) >= 11 is 0. The standard InChI is InChI=1S/C24H29NO/c1-17-12-14-18(15-13-17)21-10-5-6-11-22(21)23(26)25-20-9-7-8-19(16-20)24(2,3)4/h7-9,12-16H,5-6,10-11H2,1-4H3,(H,25,26). The molecule has 0 bridgehead atoms. The molecule has 26 heavy (non-hydrogen) atoms. The Balaban J connectivity index is 1.88. The molecule has 3 rings (SSSR count). The zero-order valence-corrected chi connectivity index (χ0v) is 16.4. The minimum atomic E-state index is 0.0475. The van der Waals surface area contributed by atoms with E-state index in [0.29, 0.717) is 0 Å². The molecule has 2 aromatic rings. The van der Waals surface area contributed by atoms with Gasteiger partial charge < -0.3 is 5.32 Å². The summed E-state index contributed by atoms with van der Waals surface area (Å²) < 4.78 is 0. The average molecular weight is 348 g/mol. The van der Waals surface area contributed by atoms with Gasteiger partial charge in [0.2, 0.25) is 0 Å². The maximum atomic E-state index is 13.0. The highest BCUT2D eigenvalue weighted by Crippen LogP contribution is 2.33. The topological polar surface area (TPSA) is 29.1 Å². The second kappa shape index (κ2) is 7.49. The van der Waals surface area contributed by atoms with Crippen molar-refractivity contribution in [3.05, 3.63) is 70.8 Å². The SMILES string of the molecule is Cc1ccc(C2=C(C(=O)Nc3cccc(C(C)(C)C)c3)CCCC2)cc1. The van der Waals surface area contributed by atoms with Crippen LogP contribution in [0.4, 0.5) is 5.69 Å². The molecule has 0 spiro atoms. The van der Waals surface area contributed by atoms with Crippen molar-refractivity contribution in [2.45, 2.75) is 58.8 Å². The first-order valence-corrected chi connectivity index (χ1v) is 9.55. The van der Waals surface area contributed by atoms with Crippen LogP contribution in [0.1, 0.15) is 63.1 Å². The van der Waals surface area contributed by atoms with Crippen LogP contribution in [0.25, 0.3) is 5.57 Å². The van der Waals surface area contributed by atoms with E-state index in [1.807, 2.05) is 12.1 Å². The van der Waals surface area contributed by atoms with Crippen LogP contribution in [0.3, 0.4) is 0 Å². The van der Waals surface area contributed by atoms with Crippen molar-refractivity contribution in [3.63, 3.8) is 0 Å². The summed E-state index contributed by atoms with van der Waals surface area (Å²) in [5, 5.41) is 3.14. The maximum Gasteiger partial charge on any atom is 0.251 e. The molecule has 1 N–H and O–H groups in total. The van der Waals surface area contributed by atoms with Gasteiger partial charge in [0.15, 0.2) is 0 Å². The summed E-state index contributed by atoms with van der Waals surface area (Å²) in [4.78, 5) is 13.0. The highest BCUT2D eigenvalue weighted by molar-refractivity contribution is 6.09. The fourth-order valence-corrected chi connectivity index (χ4v) is 3.50. The zero-order valence-electron chi connectivity index (χ0n) is 16.4. The highest BCUT2D eigenvalue weighted by Gasteiger charge is 2.21. The molecule has 0 unspecified atom stereocenters. The monoisotopic (exact) mass is 347 g/mol. The quantitative estimate of drug-likeness (QED) is 0.697. The molecule has 0 aromatic heterocycles. The maximum absolute atomic E-state index is 13.0. The van der Waals surface area contributed by atoms with E-state index < -0.39 is 0 Å². The van der Waals surface area contributed by atoms with Crippen LogP contribution >= 0.6 is 0 Å². The van der Waals surface area contributed by atoms with Crippen LogP contribution < -0.4 is 5.32 Å². The van der Waals surface area contributed by atoms with Gasteiger partial charge in [-0.15, -0.1) is 0 Å². The molecule has 2 nitrogen and oxygen atoms in total. The number of aryl methyl sites for hydroxylation is 1. The lowest BCUT2D eigenvalue weighted by Gasteiger charge is -2.22. The van der Waals surface area contributed by atoms with Crippen molar-refractivity contribution in [3.8, 4) is 0 Å². The van der Waals surface area contributed by atoms with Gasteiger partial charge in [-0.2, -0.15) is 0 Å². The van der Waals surface area contributed by atoms with Gasteiger partial charge in [0.05, 0.1) is 0 Å². The average Bonchev–Trinajstić information content (AvgIpc) is 2.62. The van der Waals surface area contributed by atoms with Crippen molar-refractivity contribution >= 4 is 17.2 Å². The van der Waals surface area contributed by atoms with Crippen LogP contribution in [-0.4, -0.2) is 5.91 Å². The number of carbonyl (C=O) groups excluding carboxylic acids is 1. The normalized spacial score (nSPS) is 15.1. The number of anilines is 1. The molecule has 0 aliphatic heterocycles. The third kappa shape index (κ3) is 4.24. The number of hydrogen-bond donors (Lipinski definition) is 1. The summed E-state index contributed by atoms with van der Waals surface area (Å²) in [5.74, 6) is 0.0475. The van der Waals surface area contributed by atoms with Crippen molar-refractivity contribution in [1.82, 2.24) is 0 Å². The van der Waals surface area contributed by atoms with Gasteiger partial charge >= 0.3 is 0 Å². The number of rotatable bonds is 3. The molecule has 0 radical (unpaired) electrons. The molecule has 0 atom stereocenters. The van der Waals surface area contributed by atoms with E-state index >= 15 is 0 Å². The fourth-order valence-electron chi connectivity index (χ4n) is 3.50. The molecular weight excluding hydrogens is 318 g/mol. The van der Waals surface area contributed by atoms with E-state index in [-0.39, 0.29) is 11.3 Å². The molecule has 0 heterocycles. The number of carbonyl (C=O) groups is 1. The van der Waals surface area contributed by atoms with Crippen molar-refractivity contribution < 1.29 is 4.79 Å². The Morgan fingerprint density at radius 2 is 1.65 bits per heavy atom. The third-order valence-electron chi connectivity index (χ3n) is 5.13. The van der Waals surface area contributed by atoms with Gasteiger partial charge in [-0.25, -0.2) is 0 Å². The summed E-state index contributed by atoms with van der Waals surface area (Å²) in [7, 11) is 0. The molecule has 1 amide bonds. The first-order valence-electron chi connectivity index (χ1n) is 9.55. The Kier molecular flexibility index (Phi) is 5.31. The lowest BCUT2D eigenvalue weighted by molar-refractivity contribution is -0.113. The van der Waals surface area contributed by atoms with Gasteiger partial charge in [0.1, 0.15) is 0 Å². The highest BCUT2D eigenvalue weighted by atomic mass is 16.1. The molecule has 0 fully saturated rings. The zero-order chi connectivity index (χ0) is 18.7. The Bertz CT molecular complexity index is 822. The number of nitrogens with one attached hydrogen (secondary N) is 1. The Labute approximate surface area is 157 Å². The van der Waals surface area contributed by atoms with E-state index in [4.69, 9.17) is 0 Å². The lowest BCUT2D eigenvalue weighted by atomic mass is 9.86. The summed E-state index contributed by atoms with van der Waals surface area (Å²) in [6.07, 6.45) is 4.07. The predicted octanol–water partition coefficient (Wildman–Crippen LogP) is 6.26. The minimum Gasteiger partial charge on any atom is -0.322 e. The first kappa shape index (κ1) is 18.4. The van der Waals surface area contributed by atoms with E-state index in [9.17, 15) is 4.79 Å². The van der Waals surface area contributed by atoms with E-state index in [1.165, 1.54) is 22.3 Å². The molecule has 136 valence electrons. The number of amides is 1. The smallest absolute Gasteiger partial charge is 0.251 e. The summed E-state index contributed by atoms with van der Waals surface area (Å²) in [6.45, 7) is 8.65. The van der Waals surface area contributed by atoms with Gasteiger partial charge in [0.25, 0.3) is 5.91 Å². The number of benzene rings is 2. The number of allylic oxidation sites excluding steroid dienone is 1. The van der Waals surface area contributed by atoms with E-state index in [2.05, 4.69) is 69.4 Å². The summed E-state index contributed by atoms with van der Waals surface area (Å²) in [5.41, 5.74) is 6.76. The van der Waals surface area contributed by atoms with E-state index in [1.54, 1.807) is 0 Å². The second-order valence-electron chi connectivity index (χ2n) is 8.32. The van der Waals surface area contributed by atoms with Crippen molar-refractivity contribution in [2.75, 3.05) is 5.32 Å². The Morgan fingerprint density at radius 3 is 2.35 bits per heavy atom. The molecular formula is C24H29NO. The first-order chi connectivity index (χ1) is 12.3. The second-order valence-corrected chi connectivity index (χ2v) is 8.32. The van der Waals surface area contributed by atoms with Gasteiger partial charge in [-0.3, -0.25) is 4.79 Å². The lowest BCUT2D eigenvalue weighted by Crippen LogP contribution is -2.19.